The second-order valence-corrected chi connectivity index (χ2v) is 5.34. The van der Waals surface area contributed by atoms with Crippen LogP contribution in [0.5, 0.6) is 0 Å². The Morgan fingerprint density at radius 1 is 1.47 bits per heavy atom. The molecule has 1 atom stereocenters. The molecule has 1 unspecified atom stereocenters. The molecular weight excluding hydrogens is 206 g/mol. The molecule has 0 amide bonds. The lowest BCUT2D eigenvalue weighted by Crippen LogP contribution is -2.48. The van der Waals surface area contributed by atoms with Crippen molar-refractivity contribution in [3.05, 3.63) is 0 Å². The number of rotatable bonds is 5. The van der Waals surface area contributed by atoms with Crippen LogP contribution in [0.1, 0.15) is 47.0 Å². The molecule has 1 fully saturated rings. The summed E-state index contributed by atoms with van der Waals surface area (Å²) in [5.74, 6) is 0.715. The molecule has 0 saturated carbocycles. The van der Waals surface area contributed by atoms with Crippen LogP contribution in [0.15, 0.2) is 0 Å². The van der Waals surface area contributed by atoms with E-state index in [4.69, 9.17) is 12.2 Å². The van der Waals surface area contributed by atoms with Gasteiger partial charge in [0.25, 0.3) is 0 Å². The first-order valence-electron chi connectivity index (χ1n) is 5.84. The number of nitrogens with one attached hydrogen (secondary N) is 2. The second-order valence-electron chi connectivity index (χ2n) is 4.96. The molecule has 0 spiro atoms. The molecular formula is C11H23N3S. The summed E-state index contributed by atoms with van der Waals surface area (Å²) in [6.07, 6.45) is 3.40. The quantitative estimate of drug-likeness (QED) is 0.707. The maximum Gasteiger partial charge on any atom is 0.185 e. The standard InChI is InChI=1S/C11H23N3S/c1-5-7-11(4)12-10(15)14(13-11)8-6-9(2)3/h9,13H,5-8H2,1-4H3,(H,12,15). The van der Waals surface area contributed by atoms with Crippen molar-refractivity contribution in [3.8, 4) is 0 Å². The topological polar surface area (TPSA) is 27.3 Å². The van der Waals surface area contributed by atoms with Crippen molar-refractivity contribution in [2.24, 2.45) is 5.92 Å². The fourth-order valence-corrected chi connectivity index (χ4v) is 2.21. The van der Waals surface area contributed by atoms with Gasteiger partial charge in [0.15, 0.2) is 5.11 Å². The van der Waals surface area contributed by atoms with Crippen LogP contribution in [0.3, 0.4) is 0 Å². The summed E-state index contributed by atoms with van der Waals surface area (Å²) < 4.78 is 0. The number of hydrogen-bond acceptors (Lipinski definition) is 2. The summed E-state index contributed by atoms with van der Waals surface area (Å²) in [6, 6.07) is 0. The highest BCUT2D eigenvalue weighted by Gasteiger charge is 2.34. The van der Waals surface area contributed by atoms with E-state index in [2.05, 4.69) is 43.4 Å². The van der Waals surface area contributed by atoms with Gasteiger partial charge in [-0.15, -0.1) is 0 Å². The molecule has 0 bridgehead atoms. The Balaban J connectivity index is 2.45. The van der Waals surface area contributed by atoms with Gasteiger partial charge in [0.1, 0.15) is 5.66 Å². The first kappa shape index (κ1) is 12.7. The van der Waals surface area contributed by atoms with Gasteiger partial charge in [-0.25, -0.2) is 5.43 Å². The summed E-state index contributed by atoms with van der Waals surface area (Å²) in [5, 5.41) is 6.27. The Labute approximate surface area is 98.6 Å². The number of hydrogen-bond donors (Lipinski definition) is 2. The Morgan fingerprint density at radius 3 is 2.67 bits per heavy atom. The van der Waals surface area contributed by atoms with Gasteiger partial charge in [-0.2, -0.15) is 0 Å². The van der Waals surface area contributed by atoms with Crippen LogP contribution < -0.4 is 10.7 Å². The lowest BCUT2D eigenvalue weighted by molar-refractivity contribution is 0.213. The molecule has 0 aliphatic carbocycles. The third-order valence-corrected chi connectivity index (χ3v) is 3.01. The largest absolute Gasteiger partial charge is 0.342 e. The zero-order valence-corrected chi connectivity index (χ0v) is 11.1. The molecule has 1 aliphatic rings. The minimum absolute atomic E-state index is 0.0389. The molecule has 1 aliphatic heterocycles. The van der Waals surface area contributed by atoms with Crippen molar-refractivity contribution in [2.45, 2.75) is 52.6 Å². The molecule has 0 aromatic rings. The maximum atomic E-state index is 5.31. The zero-order chi connectivity index (χ0) is 11.5. The van der Waals surface area contributed by atoms with Crippen LogP contribution in [0, 0.1) is 5.92 Å². The van der Waals surface area contributed by atoms with Gasteiger partial charge in [-0.3, -0.25) is 5.01 Å². The smallest absolute Gasteiger partial charge is 0.185 e. The van der Waals surface area contributed by atoms with Crippen LogP contribution >= 0.6 is 12.2 Å². The lowest BCUT2D eigenvalue weighted by Gasteiger charge is -2.25. The van der Waals surface area contributed by atoms with Gasteiger partial charge in [0.05, 0.1) is 0 Å². The van der Waals surface area contributed by atoms with Crippen molar-refractivity contribution in [3.63, 3.8) is 0 Å². The van der Waals surface area contributed by atoms with E-state index in [0.717, 1.165) is 30.9 Å². The van der Waals surface area contributed by atoms with E-state index < -0.39 is 0 Å². The second kappa shape index (κ2) is 5.12. The summed E-state index contributed by atoms with van der Waals surface area (Å²) in [4.78, 5) is 0. The summed E-state index contributed by atoms with van der Waals surface area (Å²) in [7, 11) is 0. The van der Waals surface area contributed by atoms with E-state index in [0.29, 0.717) is 5.92 Å². The Hall–Kier alpha value is -0.350. The molecule has 4 heteroatoms. The van der Waals surface area contributed by atoms with E-state index in [1.54, 1.807) is 0 Å². The van der Waals surface area contributed by atoms with E-state index in [1.807, 2.05) is 0 Å². The molecule has 1 heterocycles. The van der Waals surface area contributed by atoms with Crippen LogP contribution in [-0.4, -0.2) is 22.3 Å². The van der Waals surface area contributed by atoms with Crippen molar-refractivity contribution in [1.29, 1.82) is 0 Å². The predicted octanol–water partition coefficient (Wildman–Crippen LogP) is 2.24. The Kier molecular flexibility index (Phi) is 4.34. The number of thiocarbonyl (C=S) groups is 1. The van der Waals surface area contributed by atoms with Crippen LogP contribution in [0.4, 0.5) is 0 Å². The summed E-state index contributed by atoms with van der Waals surface area (Å²) in [5.41, 5.74) is 3.42. The van der Waals surface area contributed by atoms with Gasteiger partial charge in [0, 0.05) is 6.54 Å². The van der Waals surface area contributed by atoms with Gasteiger partial charge < -0.3 is 5.32 Å². The fourth-order valence-electron chi connectivity index (χ4n) is 1.84. The van der Waals surface area contributed by atoms with Crippen molar-refractivity contribution < 1.29 is 0 Å². The van der Waals surface area contributed by atoms with Crippen molar-refractivity contribution in [2.75, 3.05) is 6.54 Å². The summed E-state index contributed by atoms with van der Waals surface area (Å²) in [6.45, 7) is 9.81. The molecule has 1 saturated heterocycles. The average Bonchev–Trinajstić information content (AvgIpc) is 2.38. The molecule has 0 radical (unpaired) electrons. The molecule has 3 nitrogen and oxygen atoms in total. The predicted molar refractivity (Wildman–Crippen MR) is 68.3 cm³/mol. The Bertz CT molecular complexity index is 230. The normalized spacial score (nSPS) is 26.2. The van der Waals surface area contributed by atoms with Crippen LogP contribution in [0.2, 0.25) is 0 Å². The van der Waals surface area contributed by atoms with Crippen LogP contribution in [-0.2, 0) is 0 Å². The third kappa shape index (κ3) is 3.61. The number of hydrazine groups is 1. The van der Waals surface area contributed by atoms with Crippen molar-refractivity contribution in [1.82, 2.24) is 15.8 Å². The highest BCUT2D eigenvalue weighted by molar-refractivity contribution is 7.80. The third-order valence-electron chi connectivity index (χ3n) is 2.69. The molecule has 0 aromatic heterocycles. The SMILES string of the molecule is CCCC1(C)NC(=S)N(CCC(C)C)N1. The van der Waals surface area contributed by atoms with Crippen molar-refractivity contribution >= 4 is 17.3 Å². The summed E-state index contributed by atoms with van der Waals surface area (Å²) >= 11 is 5.31. The minimum Gasteiger partial charge on any atom is -0.342 e. The first-order valence-corrected chi connectivity index (χ1v) is 6.25. The van der Waals surface area contributed by atoms with Gasteiger partial charge >= 0.3 is 0 Å². The monoisotopic (exact) mass is 229 g/mol. The van der Waals surface area contributed by atoms with Crippen LogP contribution in [0.25, 0.3) is 0 Å². The minimum atomic E-state index is -0.0389. The molecule has 15 heavy (non-hydrogen) atoms. The van der Waals surface area contributed by atoms with E-state index in [9.17, 15) is 0 Å². The highest BCUT2D eigenvalue weighted by Crippen LogP contribution is 2.16. The van der Waals surface area contributed by atoms with E-state index in [-0.39, 0.29) is 5.66 Å². The van der Waals surface area contributed by atoms with Gasteiger partial charge in [-0.05, 0) is 37.9 Å². The average molecular weight is 229 g/mol. The van der Waals surface area contributed by atoms with E-state index >= 15 is 0 Å². The highest BCUT2D eigenvalue weighted by atomic mass is 32.1. The lowest BCUT2D eigenvalue weighted by atomic mass is 10.1. The Morgan fingerprint density at radius 2 is 2.13 bits per heavy atom. The molecule has 88 valence electrons. The molecule has 1 rings (SSSR count). The fraction of sp³-hybridized carbons (Fsp3) is 0.909. The number of nitrogens with zero attached hydrogens (tertiary/aromatic N) is 1. The molecule has 2 N–H and O–H groups in total. The zero-order valence-electron chi connectivity index (χ0n) is 10.3. The van der Waals surface area contributed by atoms with Gasteiger partial charge in [-0.1, -0.05) is 27.2 Å². The maximum absolute atomic E-state index is 5.31. The van der Waals surface area contributed by atoms with Gasteiger partial charge in [0.2, 0.25) is 0 Å². The first-order chi connectivity index (χ1) is 6.97. The molecule has 0 aromatic carbocycles. The van der Waals surface area contributed by atoms with E-state index in [1.165, 1.54) is 0 Å².